The lowest BCUT2D eigenvalue weighted by atomic mass is 9.99. The van der Waals surface area contributed by atoms with Crippen LogP contribution in [0.4, 0.5) is 0 Å². The molecule has 25 heavy (non-hydrogen) atoms. The lowest BCUT2D eigenvalue weighted by Gasteiger charge is -2.44. The molecule has 0 radical (unpaired) electrons. The molecule has 0 aromatic carbocycles. The summed E-state index contributed by atoms with van der Waals surface area (Å²) in [6.07, 6.45) is 4.92. The molecule has 0 aliphatic carbocycles. The van der Waals surface area contributed by atoms with Crippen molar-refractivity contribution < 1.29 is 14.2 Å². The third-order valence-electron chi connectivity index (χ3n) is 5.45. The predicted octanol–water partition coefficient (Wildman–Crippen LogP) is 1.02. The van der Waals surface area contributed by atoms with Crippen molar-refractivity contribution in [2.45, 2.75) is 18.6 Å². The molecule has 6 nitrogen and oxygen atoms in total. The van der Waals surface area contributed by atoms with Crippen LogP contribution < -0.4 is 0 Å². The van der Waals surface area contributed by atoms with Crippen LogP contribution in [0.15, 0.2) is 24.5 Å². The van der Waals surface area contributed by atoms with Gasteiger partial charge in [-0.25, -0.2) is 0 Å². The van der Waals surface area contributed by atoms with Gasteiger partial charge in [-0.3, -0.25) is 14.8 Å². The number of aromatic nitrogens is 1. The van der Waals surface area contributed by atoms with Crippen molar-refractivity contribution >= 4 is 0 Å². The van der Waals surface area contributed by atoms with Gasteiger partial charge in [-0.05, 0) is 30.0 Å². The lowest BCUT2D eigenvalue weighted by molar-refractivity contribution is -0.143. The van der Waals surface area contributed by atoms with Crippen molar-refractivity contribution in [1.29, 1.82) is 0 Å². The van der Waals surface area contributed by atoms with Crippen LogP contribution in [0.5, 0.6) is 0 Å². The zero-order valence-corrected chi connectivity index (χ0v) is 14.9. The van der Waals surface area contributed by atoms with Crippen molar-refractivity contribution in [1.82, 2.24) is 14.8 Å². The van der Waals surface area contributed by atoms with Gasteiger partial charge in [-0.1, -0.05) is 0 Å². The van der Waals surface area contributed by atoms with E-state index in [-0.39, 0.29) is 5.60 Å². The number of pyridine rings is 1. The summed E-state index contributed by atoms with van der Waals surface area (Å²) in [5.74, 6) is 0.676. The molecular formula is C19H29N3O3. The summed E-state index contributed by atoms with van der Waals surface area (Å²) in [6, 6.07) is 4.18. The molecule has 3 fully saturated rings. The molecule has 6 heteroatoms. The SMILES string of the molecule is c1cc(CN2CCOC[C@]3(C2)CN(C[C@H]2CCOC2)CCO3)ccn1. The first-order chi connectivity index (χ1) is 12.3. The van der Waals surface area contributed by atoms with Crippen LogP contribution in [0.1, 0.15) is 12.0 Å². The lowest BCUT2D eigenvalue weighted by Crippen LogP contribution is -2.59. The molecule has 4 heterocycles. The molecule has 0 bridgehead atoms. The van der Waals surface area contributed by atoms with Crippen LogP contribution >= 0.6 is 0 Å². The van der Waals surface area contributed by atoms with Crippen molar-refractivity contribution in [2.24, 2.45) is 5.92 Å². The van der Waals surface area contributed by atoms with Crippen molar-refractivity contribution in [2.75, 3.05) is 65.8 Å². The maximum atomic E-state index is 6.30. The molecular weight excluding hydrogens is 318 g/mol. The number of nitrogens with zero attached hydrogens (tertiary/aromatic N) is 3. The van der Waals surface area contributed by atoms with Crippen LogP contribution in [-0.2, 0) is 20.8 Å². The van der Waals surface area contributed by atoms with Gasteiger partial charge in [0.15, 0.2) is 0 Å². The molecule has 3 aliphatic rings. The average Bonchev–Trinajstić information content (AvgIpc) is 3.05. The van der Waals surface area contributed by atoms with E-state index < -0.39 is 0 Å². The fraction of sp³-hybridized carbons (Fsp3) is 0.737. The first kappa shape index (κ1) is 17.4. The first-order valence-electron chi connectivity index (χ1n) is 9.44. The summed E-state index contributed by atoms with van der Waals surface area (Å²) in [5, 5.41) is 0. The Morgan fingerprint density at radius 3 is 2.72 bits per heavy atom. The Labute approximate surface area is 150 Å². The van der Waals surface area contributed by atoms with Gasteiger partial charge in [0.2, 0.25) is 0 Å². The summed E-state index contributed by atoms with van der Waals surface area (Å²) in [4.78, 5) is 9.13. The Bertz CT molecular complexity index is 538. The van der Waals surface area contributed by atoms with E-state index in [1.54, 1.807) is 0 Å². The monoisotopic (exact) mass is 347 g/mol. The molecule has 0 saturated carbocycles. The maximum Gasteiger partial charge on any atom is 0.117 e. The predicted molar refractivity (Wildman–Crippen MR) is 94.4 cm³/mol. The van der Waals surface area contributed by atoms with Crippen LogP contribution in [0, 0.1) is 5.92 Å². The van der Waals surface area contributed by atoms with E-state index in [4.69, 9.17) is 14.2 Å². The van der Waals surface area contributed by atoms with E-state index in [1.807, 2.05) is 12.4 Å². The molecule has 3 aliphatic heterocycles. The zero-order chi connectivity index (χ0) is 17.0. The van der Waals surface area contributed by atoms with Crippen molar-refractivity contribution in [3.63, 3.8) is 0 Å². The second-order valence-electron chi connectivity index (χ2n) is 7.61. The highest BCUT2D eigenvalue weighted by Gasteiger charge is 2.40. The molecule has 3 saturated heterocycles. The van der Waals surface area contributed by atoms with E-state index in [0.29, 0.717) is 12.5 Å². The zero-order valence-electron chi connectivity index (χ0n) is 14.9. The van der Waals surface area contributed by atoms with Crippen LogP contribution in [0.25, 0.3) is 0 Å². The van der Waals surface area contributed by atoms with E-state index in [1.165, 1.54) is 12.0 Å². The third-order valence-corrected chi connectivity index (χ3v) is 5.45. The highest BCUT2D eigenvalue weighted by Crippen LogP contribution is 2.25. The van der Waals surface area contributed by atoms with Gasteiger partial charge in [0.25, 0.3) is 0 Å². The van der Waals surface area contributed by atoms with Gasteiger partial charge < -0.3 is 14.2 Å². The van der Waals surface area contributed by atoms with Gasteiger partial charge in [0.05, 0.1) is 26.4 Å². The minimum atomic E-state index is -0.207. The summed E-state index contributed by atoms with van der Waals surface area (Å²) >= 11 is 0. The fourth-order valence-corrected chi connectivity index (χ4v) is 4.22. The first-order valence-corrected chi connectivity index (χ1v) is 9.44. The number of hydrogen-bond acceptors (Lipinski definition) is 6. The van der Waals surface area contributed by atoms with Crippen LogP contribution in [0.2, 0.25) is 0 Å². The normalized spacial score (nSPS) is 32.1. The Kier molecular flexibility index (Phi) is 5.63. The smallest absolute Gasteiger partial charge is 0.117 e. The van der Waals surface area contributed by atoms with E-state index in [0.717, 1.165) is 65.7 Å². The van der Waals surface area contributed by atoms with Gasteiger partial charge in [0.1, 0.15) is 5.60 Å². The molecule has 138 valence electrons. The summed E-state index contributed by atoms with van der Waals surface area (Å²) in [7, 11) is 0. The maximum absolute atomic E-state index is 6.30. The Morgan fingerprint density at radius 2 is 1.88 bits per heavy atom. The Balaban J connectivity index is 1.39. The Hall–Kier alpha value is -1.05. The largest absolute Gasteiger partial charge is 0.381 e. The average molecular weight is 347 g/mol. The van der Waals surface area contributed by atoms with E-state index in [2.05, 4.69) is 26.9 Å². The third kappa shape index (κ3) is 4.57. The fourth-order valence-electron chi connectivity index (χ4n) is 4.22. The molecule has 4 rings (SSSR count). The highest BCUT2D eigenvalue weighted by atomic mass is 16.5. The summed E-state index contributed by atoms with van der Waals surface area (Å²) in [6.45, 7) is 9.97. The minimum absolute atomic E-state index is 0.207. The second kappa shape index (κ2) is 8.10. The Morgan fingerprint density at radius 1 is 1.04 bits per heavy atom. The van der Waals surface area contributed by atoms with Gasteiger partial charge in [-0.2, -0.15) is 0 Å². The van der Waals surface area contributed by atoms with Gasteiger partial charge in [-0.15, -0.1) is 0 Å². The van der Waals surface area contributed by atoms with Crippen molar-refractivity contribution in [3.05, 3.63) is 30.1 Å². The standard InChI is InChI=1S/C19H29N3O3/c1-4-20-5-2-17(1)11-21-6-9-24-16-19(14-21)15-22(7-10-25-19)12-18-3-8-23-13-18/h1-2,4-5,18H,3,6-16H2/t18-,19+/m1/s1. The quantitative estimate of drug-likeness (QED) is 0.811. The van der Waals surface area contributed by atoms with Crippen LogP contribution in [-0.4, -0.2) is 86.1 Å². The molecule has 1 spiro atoms. The summed E-state index contributed by atoms with van der Waals surface area (Å²) < 4.78 is 17.8. The topological polar surface area (TPSA) is 47.1 Å². The minimum Gasteiger partial charge on any atom is -0.381 e. The van der Waals surface area contributed by atoms with E-state index in [9.17, 15) is 0 Å². The van der Waals surface area contributed by atoms with Gasteiger partial charge in [0, 0.05) is 58.3 Å². The molecule has 1 aromatic heterocycles. The molecule has 2 atom stereocenters. The molecule has 0 unspecified atom stereocenters. The van der Waals surface area contributed by atoms with Gasteiger partial charge >= 0.3 is 0 Å². The van der Waals surface area contributed by atoms with E-state index >= 15 is 0 Å². The second-order valence-corrected chi connectivity index (χ2v) is 7.61. The number of hydrogen-bond donors (Lipinski definition) is 0. The van der Waals surface area contributed by atoms with Crippen LogP contribution in [0.3, 0.4) is 0 Å². The molecule has 1 aromatic rings. The number of morpholine rings is 1. The molecule has 0 amide bonds. The number of ether oxygens (including phenoxy) is 3. The number of rotatable bonds is 4. The van der Waals surface area contributed by atoms with Crippen molar-refractivity contribution in [3.8, 4) is 0 Å². The highest BCUT2D eigenvalue weighted by molar-refractivity contribution is 5.10. The molecule has 0 N–H and O–H groups in total. The summed E-state index contributed by atoms with van der Waals surface area (Å²) in [5.41, 5.74) is 1.09.